The molecule has 2 aromatic rings. The maximum absolute atomic E-state index is 12.5. The zero-order chi connectivity index (χ0) is 18.9. The molecular weight excluding hydrogens is 368 g/mol. The molecule has 2 N–H and O–H groups in total. The summed E-state index contributed by atoms with van der Waals surface area (Å²) in [5.41, 5.74) is 7.78. The molecule has 0 spiro atoms. The molecule has 0 fully saturated rings. The fourth-order valence-electron chi connectivity index (χ4n) is 3.32. The van der Waals surface area contributed by atoms with E-state index >= 15 is 0 Å². The first kappa shape index (κ1) is 18.9. The number of rotatable bonds is 4. The van der Waals surface area contributed by atoms with Gasteiger partial charge in [0.1, 0.15) is 5.69 Å². The van der Waals surface area contributed by atoms with Crippen LogP contribution in [0.5, 0.6) is 0 Å². The average Bonchev–Trinajstić information content (AvgIpc) is 2.53. The number of carbonyl (C=O) groups is 1. The van der Waals surface area contributed by atoms with E-state index in [0.717, 1.165) is 17.5 Å². The van der Waals surface area contributed by atoms with Gasteiger partial charge in [0.25, 0.3) is 0 Å². The summed E-state index contributed by atoms with van der Waals surface area (Å²) >= 11 is 7.41. The van der Waals surface area contributed by atoms with Gasteiger partial charge in [0.2, 0.25) is 0 Å². The molecule has 3 rings (SSSR count). The third-order valence-corrected chi connectivity index (χ3v) is 5.52. The van der Waals surface area contributed by atoms with E-state index in [9.17, 15) is 4.79 Å². The fourth-order valence-corrected chi connectivity index (χ4v) is 4.59. The van der Waals surface area contributed by atoms with Gasteiger partial charge in [-0.3, -0.25) is 19.8 Å². The zero-order valence-electron chi connectivity index (χ0n) is 15.0. The SMILES string of the molecule is CC1(C)CC(C)(c2cncc(CC(=O)c3ccc(Cl)cn3)c2)N=C(N)S1. The van der Waals surface area contributed by atoms with Crippen molar-refractivity contribution in [1.29, 1.82) is 0 Å². The van der Waals surface area contributed by atoms with Gasteiger partial charge in [0.05, 0.1) is 10.6 Å². The number of aliphatic imine (C=N–C) groups is 1. The topological polar surface area (TPSA) is 81.2 Å². The van der Waals surface area contributed by atoms with E-state index in [-0.39, 0.29) is 17.0 Å². The predicted molar refractivity (Wildman–Crippen MR) is 107 cm³/mol. The normalized spacial score (nSPS) is 21.9. The van der Waals surface area contributed by atoms with Gasteiger partial charge in [-0.1, -0.05) is 37.2 Å². The number of nitrogens with two attached hydrogens (primary N) is 1. The van der Waals surface area contributed by atoms with Crippen molar-refractivity contribution < 1.29 is 4.79 Å². The second-order valence-corrected chi connectivity index (χ2v) is 9.47. The maximum Gasteiger partial charge on any atom is 0.185 e. The van der Waals surface area contributed by atoms with E-state index in [1.54, 1.807) is 36.3 Å². The molecule has 1 unspecified atom stereocenters. The van der Waals surface area contributed by atoms with Crippen LogP contribution < -0.4 is 5.73 Å². The van der Waals surface area contributed by atoms with E-state index in [1.807, 2.05) is 6.07 Å². The maximum atomic E-state index is 12.5. The molecule has 5 nitrogen and oxygen atoms in total. The molecular formula is C19H21ClN4OS. The van der Waals surface area contributed by atoms with Crippen molar-refractivity contribution in [3.8, 4) is 0 Å². The highest BCUT2D eigenvalue weighted by atomic mass is 35.5. The summed E-state index contributed by atoms with van der Waals surface area (Å²) in [6.45, 7) is 6.37. The van der Waals surface area contributed by atoms with Crippen molar-refractivity contribution in [3.05, 3.63) is 58.6 Å². The number of nitrogens with zero attached hydrogens (tertiary/aromatic N) is 3. The highest BCUT2D eigenvalue weighted by Crippen LogP contribution is 2.44. The van der Waals surface area contributed by atoms with Crippen molar-refractivity contribution in [1.82, 2.24) is 9.97 Å². The molecule has 1 aliphatic rings. The fraction of sp³-hybridized carbons (Fsp3) is 0.368. The molecule has 0 amide bonds. The Kier molecular flexibility index (Phi) is 5.08. The lowest BCUT2D eigenvalue weighted by molar-refractivity contribution is 0.0988. The Morgan fingerprint density at radius 1 is 1.27 bits per heavy atom. The van der Waals surface area contributed by atoms with E-state index < -0.39 is 5.54 Å². The Bertz CT molecular complexity index is 866. The summed E-state index contributed by atoms with van der Waals surface area (Å²) in [6, 6.07) is 5.29. The Hall–Kier alpha value is -1.92. The van der Waals surface area contributed by atoms with Crippen molar-refractivity contribution >= 4 is 34.3 Å². The number of halogens is 1. The molecule has 0 saturated heterocycles. The zero-order valence-corrected chi connectivity index (χ0v) is 16.6. The van der Waals surface area contributed by atoms with Crippen LogP contribution in [-0.2, 0) is 12.0 Å². The first-order valence-electron chi connectivity index (χ1n) is 8.30. The Balaban J connectivity index is 1.85. The average molecular weight is 389 g/mol. The number of ketones is 1. The molecule has 0 saturated carbocycles. The molecule has 1 atom stereocenters. The van der Waals surface area contributed by atoms with E-state index in [4.69, 9.17) is 17.3 Å². The van der Waals surface area contributed by atoms with Gasteiger partial charge >= 0.3 is 0 Å². The lowest BCUT2D eigenvalue weighted by Crippen LogP contribution is -2.38. The molecule has 0 radical (unpaired) electrons. The summed E-state index contributed by atoms with van der Waals surface area (Å²) in [6.07, 6.45) is 6.05. The smallest absolute Gasteiger partial charge is 0.185 e. The second-order valence-electron chi connectivity index (χ2n) is 7.31. The Morgan fingerprint density at radius 3 is 2.69 bits per heavy atom. The predicted octanol–water partition coefficient (Wildman–Crippen LogP) is 4.00. The van der Waals surface area contributed by atoms with Crippen LogP contribution >= 0.6 is 23.4 Å². The van der Waals surface area contributed by atoms with E-state index in [1.165, 1.54) is 6.20 Å². The number of amidine groups is 1. The van der Waals surface area contributed by atoms with Crippen molar-refractivity contribution in [3.63, 3.8) is 0 Å². The van der Waals surface area contributed by atoms with Crippen LogP contribution in [0, 0.1) is 0 Å². The lowest BCUT2D eigenvalue weighted by atomic mass is 9.84. The minimum absolute atomic E-state index is 0.0143. The largest absolute Gasteiger partial charge is 0.378 e. The molecule has 0 aromatic carbocycles. The summed E-state index contributed by atoms with van der Waals surface area (Å²) in [5.74, 6) is -0.0756. The van der Waals surface area contributed by atoms with Crippen LogP contribution in [0.2, 0.25) is 5.02 Å². The van der Waals surface area contributed by atoms with Crippen LogP contribution in [0.4, 0.5) is 0 Å². The third-order valence-electron chi connectivity index (χ3n) is 4.30. The minimum Gasteiger partial charge on any atom is -0.378 e. The molecule has 3 heterocycles. The standard InChI is InChI=1S/C19H21ClN4OS/c1-18(2)11-19(3,24-17(21)26-18)13-6-12(8-22-9-13)7-16(25)15-5-4-14(20)10-23-15/h4-6,8-10H,7,11H2,1-3H3,(H2,21,24). The van der Waals surface area contributed by atoms with Gasteiger partial charge in [0, 0.05) is 29.8 Å². The highest BCUT2D eigenvalue weighted by Gasteiger charge is 2.39. The molecule has 0 bridgehead atoms. The van der Waals surface area contributed by atoms with Gasteiger partial charge in [0.15, 0.2) is 11.0 Å². The number of pyridine rings is 2. The molecule has 7 heteroatoms. The van der Waals surface area contributed by atoms with Gasteiger partial charge < -0.3 is 5.73 Å². The molecule has 26 heavy (non-hydrogen) atoms. The number of carbonyl (C=O) groups excluding carboxylic acids is 1. The Labute approximate surface area is 162 Å². The summed E-state index contributed by atoms with van der Waals surface area (Å²) in [5, 5.41) is 1.09. The van der Waals surface area contributed by atoms with Crippen molar-refractivity contribution in [2.45, 2.75) is 43.9 Å². The van der Waals surface area contributed by atoms with Gasteiger partial charge in [-0.2, -0.15) is 0 Å². The monoisotopic (exact) mass is 388 g/mol. The highest BCUT2D eigenvalue weighted by molar-refractivity contribution is 8.15. The van der Waals surface area contributed by atoms with Crippen LogP contribution in [0.25, 0.3) is 0 Å². The summed E-state index contributed by atoms with van der Waals surface area (Å²) in [7, 11) is 0. The molecule has 1 aliphatic heterocycles. The molecule has 2 aromatic heterocycles. The second kappa shape index (κ2) is 7.00. The summed E-state index contributed by atoms with van der Waals surface area (Å²) < 4.78 is -0.0143. The van der Waals surface area contributed by atoms with Crippen LogP contribution in [-0.4, -0.2) is 25.7 Å². The lowest BCUT2D eigenvalue weighted by Gasteiger charge is -2.39. The summed E-state index contributed by atoms with van der Waals surface area (Å²) in [4.78, 5) is 25.6. The Morgan fingerprint density at radius 2 is 2.04 bits per heavy atom. The van der Waals surface area contributed by atoms with Crippen molar-refractivity contribution in [2.75, 3.05) is 0 Å². The third kappa shape index (κ3) is 4.24. The number of hydrogen-bond acceptors (Lipinski definition) is 6. The number of aromatic nitrogens is 2. The molecule has 0 aliphatic carbocycles. The van der Waals surface area contributed by atoms with Gasteiger partial charge in [-0.15, -0.1) is 0 Å². The number of thioether (sulfide) groups is 1. The van der Waals surface area contributed by atoms with Crippen LogP contribution in [0.15, 0.2) is 41.8 Å². The number of hydrogen-bond donors (Lipinski definition) is 1. The first-order valence-corrected chi connectivity index (χ1v) is 9.50. The quantitative estimate of drug-likeness (QED) is 0.800. The van der Waals surface area contributed by atoms with Crippen LogP contribution in [0.3, 0.4) is 0 Å². The van der Waals surface area contributed by atoms with Crippen LogP contribution in [0.1, 0.15) is 48.8 Å². The van der Waals surface area contributed by atoms with Crippen molar-refractivity contribution in [2.24, 2.45) is 10.7 Å². The molecule has 136 valence electrons. The first-order chi connectivity index (χ1) is 12.2. The number of Topliss-reactive ketones (excluding diaryl/α,β-unsaturated/α-hetero) is 1. The van der Waals surface area contributed by atoms with Gasteiger partial charge in [-0.05, 0) is 42.7 Å². The van der Waals surface area contributed by atoms with E-state index in [0.29, 0.717) is 15.9 Å². The van der Waals surface area contributed by atoms with Gasteiger partial charge in [-0.25, -0.2) is 0 Å². The van der Waals surface area contributed by atoms with E-state index in [2.05, 4.69) is 35.7 Å². The minimum atomic E-state index is -0.455.